The maximum Gasteiger partial charge on any atom is 0.548 e. The lowest BCUT2D eigenvalue weighted by Gasteiger charge is -2.41. The van der Waals surface area contributed by atoms with E-state index in [1.54, 1.807) is 25.1 Å². The van der Waals surface area contributed by atoms with Crippen LogP contribution in [0, 0.1) is 5.92 Å². The van der Waals surface area contributed by atoms with E-state index in [2.05, 4.69) is 15.6 Å². The average Bonchev–Trinajstić information content (AvgIpc) is 3.35. The Balaban J connectivity index is 1.54. The van der Waals surface area contributed by atoms with E-state index in [0.717, 1.165) is 10.4 Å². The number of aliphatic hydroxyl groups excluding tert-OH is 1. The molecule has 2 aromatic rings. The highest BCUT2D eigenvalue weighted by Crippen LogP contribution is 2.24. The van der Waals surface area contributed by atoms with Crippen molar-refractivity contribution < 1.29 is 33.6 Å². The Labute approximate surface area is 223 Å². The highest BCUT2D eigenvalue weighted by Gasteiger charge is 2.65. The van der Waals surface area contributed by atoms with E-state index in [1.807, 2.05) is 51.1 Å². The van der Waals surface area contributed by atoms with E-state index in [1.165, 1.54) is 6.92 Å². The van der Waals surface area contributed by atoms with Gasteiger partial charge < -0.3 is 29.9 Å². The number of amides is 2. The molecule has 0 bridgehead atoms. The van der Waals surface area contributed by atoms with E-state index >= 15 is 0 Å². The summed E-state index contributed by atoms with van der Waals surface area (Å²) in [7, 11) is 0. The van der Waals surface area contributed by atoms with Crippen LogP contribution >= 0.6 is 0 Å². The van der Waals surface area contributed by atoms with Crippen molar-refractivity contribution >= 4 is 24.5 Å². The van der Waals surface area contributed by atoms with Crippen LogP contribution in [0.1, 0.15) is 51.5 Å². The normalized spacial score (nSPS) is 26.8. The summed E-state index contributed by atoms with van der Waals surface area (Å²) in [4.78, 5) is 44.5. The molecule has 2 aliphatic heterocycles. The molecule has 2 saturated heterocycles. The number of nitrogens with zero attached hydrogens (tertiary/aromatic N) is 1. The van der Waals surface area contributed by atoms with Crippen LogP contribution in [0.5, 0.6) is 0 Å². The van der Waals surface area contributed by atoms with Gasteiger partial charge in [-0.2, -0.15) is 0 Å². The van der Waals surface area contributed by atoms with Crippen molar-refractivity contribution in [3.8, 4) is 11.3 Å². The van der Waals surface area contributed by atoms with Gasteiger partial charge in [0, 0.05) is 11.5 Å². The van der Waals surface area contributed by atoms with Crippen LogP contribution in [0.2, 0.25) is 0 Å². The van der Waals surface area contributed by atoms with Gasteiger partial charge in [-0.1, -0.05) is 56.7 Å². The molecule has 4 rings (SSSR count). The SMILES string of the molecule is CC(C)C[C@H](NC(=O)[C@@H](NC(=O)c1cccc(-c2ccccc2)n1)[C@@H](C)O)[B-]12OC[C@H](C)[NH+]1[C@@H](C)C(=O)O2. The summed E-state index contributed by atoms with van der Waals surface area (Å²) in [6.45, 7) is 7.42. The van der Waals surface area contributed by atoms with Gasteiger partial charge in [0.05, 0.1) is 24.4 Å². The molecule has 204 valence electrons. The molecule has 0 aliphatic carbocycles. The topological polar surface area (TPSA) is 131 Å². The van der Waals surface area contributed by atoms with Crippen LogP contribution in [0.3, 0.4) is 0 Å². The van der Waals surface area contributed by atoms with Crippen molar-refractivity contribution in [3.63, 3.8) is 0 Å². The number of hydrogen-bond acceptors (Lipinski definition) is 7. The Bertz CT molecular complexity index is 1180. The molecule has 1 aromatic carbocycles. The largest absolute Gasteiger partial charge is 0.609 e. The number of aliphatic hydroxyl groups is 1. The molecule has 1 aromatic heterocycles. The molecule has 0 saturated carbocycles. The summed E-state index contributed by atoms with van der Waals surface area (Å²) < 4.78 is 12.0. The van der Waals surface area contributed by atoms with Gasteiger partial charge in [-0.05, 0) is 38.8 Å². The number of hydrogen-bond donors (Lipinski definition) is 4. The maximum atomic E-state index is 13.5. The zero-order chi connectivity index (χ0) is 27.6. The lowest BCUT2D eigenvalue weighted by Crippen LogP contribution is -3.26. The standard InChI is InChI=1S/C27H37BN4O6/c1-16(2)14-23(28-32(17(3)15-37-28)18(4)27(36)38-28)30-26(35)24(19(5)33)31-25(34)22-13-9-12-21(29-22)20-10-7-6-8-11-20/h6-13,16-19,23-24,32-33H,14-15H2,1-5H3,(H,30,35)(H,31,34)/t17-,18-,19+,23-,24-,28?/m0/s1. The number of carbonyl (C=O) groups is 3. The second-order valence-electron chi connectivity index (χ2n) is 10.9. The van der Waals surface area contributed by atoms with Crippen molar-refractivity contribution in [1.82, 2.24) is 15.6 Å². The van der Waals surface area contributed by atoms with Crippen LogP contribution in [0.25, 0.3) is 11.3 Å². The monoisotopic (exact) mass is 524 g/mol. The number of quaternary nitrogens is 1. The fourth-order valence-electron chi connectivity index (χ4n) is 5.67. The second kappa shape index (κ2) is 11.2. The molecule has 10 nitrogen and oxygen atoms in total. The first kappa shape index (κ1) is 27.8. The minimum Gasteiger partial charge on any atom is -0.609 e. The van der Waals surface area contributed by atoms with Crippen molar-refractivity contribution in [1.29, 1.82) is 0 Å². The summed E-state index contributed by atoms with van der Waals surface area (Å²) in [6.07, 6.45) is -0.707. The lowest BCUT2D eigenvalue weighted by atomic mass is 9.59. The van der Waals surface area contributed by atoms with Gasteiger partial charge in [0.25, 0.3) is 5.91 Å². The molecule has 7 atom stereocenters. The van der Waals surface area contributed by atoms with Gasteiger partial charge >= 0.3 is 12.7 Å². The third-order valence-corrected chi connectivity index (χ3v) is 7.46. The Morgan fingerprint density at radius 2 is 1.82 bits per heavy atom. The number of carbonyl (C=O) groups excluding carboxylic acids is 3. The Morgan fingerprint density at radius 3 is 2.47 bits per heavy atom. The van der Waals surface area contributed by atoms with Crippen molar-refractivity contribution in [2.24, 2.45) is 5.92 Å². The summed E-state index contributed by atoms with van der Waals surface area (Å²) >= 11 is 0. The number of aromatic nitrogens is 1. The van der Waals surface area contributed by atoms with E-state index in [0.29, 0.717) is 18.7 Å². The minimum atomic E-state index is -2.21. The predicted octanol–water partition coefficient (Wildman–Crippen LogP) is 0.486. The number of pyridine rings is 1. The summed E-state index contributed by atoms with van der Waals surface area (Å²) in [5, 5.41) is 16.1. The third-order valence-electron chi connectivity index (χ3n) is 7.46. The first-order valence-corrected chi connectivity index (χ1v) is 13.2. The average molecular weight is 524 g/mol. The zero-order valence-electron chi connectivity index (χ0n) is 22.5. The van der Waals surface area contributed by atoms with Crippen molar-refractivity contribution in [2.45, 2.75) is 71.2 Å². The lowest BCUT2D eigenvalue weighted by molar-refractivity contribution is -0.831. The van der Waals surface area contributed by atoms with Crippen LogP contribution in [-0.4, -0.2) is 71.3 Å². The van der Waals surface area contributed by atoms with E-state index in [-0.39, 0.29) is 23.6 Å². The Hall–Kier alpha value is -3.28. The molecular formula is C27H37BN4O6. The van der Waals surface area contributed by atoms with Gasteiger partial charge in [-0.25, -0.2) is 9.78 Å². The van der Waals surface area contributed by atoms with Crippen molar-refractivity contribution in [3.05, 3.63) is 54.2 Å². The van der Waals surface area contributed by atoms with Crippen LogP contribution in [0.15, 0.2) is 48.5 Å². The molecule has 4 N–H and O–H groups in total. The first-order valence-electron chi connectivity index (χ1n) is 13.2. The van der Waals surface area contributed by atoms with Crippen LogP contribution < -0.4 is 15.4 Å². The molecule has 0 radical (unpaired) electrons. The highest BCUT2D eigenvalue weighted by atomic mass is 16.7. The molecule has 11 heteroatoms. The molecule has 2 aliphatic rings. The molecule has 3 heterocycles. The number of fused-ring (bicyclic) bond motifs is 1. The first-order chi connectivity index (χ1) is 18.0. The predicted molar refractivity (Wildman–Crippen MR) is 142 cm³/mol. The van der Waals surface area contributed by atoms with Gasteiger partial charge in [0.15, 0.2) is 0 Å². The van der Waals surface area contributed by atoms with Gasteiger partial charge in [0.1, 0.15) is 17.8 Å². The Morgan fingerprint density at radius 1 is 1.11 bits per heavy atom. The quantitative estimate of drug-likeness (QED) is 0.351. The molecule has 2 amide bonds. The fourth-order valence-corrected chi connectivity index (χ4v) is 5.67. The molecule has 2 unspecified atom stereocenters. The highest BCUT2D eigenvalue weighted by molar-refractivity contribution is 6.64. The summed E-state index contributed by atoms with van der Waals surface area (Å²) in [6, 6.07) is 12.8. The maximum absolute atomic E-state index is 13.5. The number of benzene rings is 1. The van der Waals surface area contributed by atoms with E-state index < -0.39 is 42.6 Å². The third kappa shape index (κ3) is 5.45. The van der Waals surface area contributed by atoms with E-state index in [9.17, 15) is 19.5 Å². The second-order valence-corrected chi connectivity index (χ2v) is 10.9. The van der Waals surface area contributed by atoms with Gasteiger partial charge in [-0.15, -0.1) is 0 Å². The number of nitrogens with one attached hydrogen (secondary N) is 3. The molecular weight excluding hydrogens is 487 g/mol. The number of rotatable bonds is 9. The van der Waals surface area contributed by atoms with Gasteiger partial charge in [-0.3, -0.25) is 9.59 Å². The smallest absolute Gasteiger partial charge is 0.548 e. The van der Waals surface area contributed by atoms with E-state index in [4.69, 9.17) is 9.31 Å². The fraction of sp³-hybridized carbons (Fsp3) is 0.481. The zero-order valence-corrected chi connectivity index (χ0v) is 22.5. The Kier molecular flexibility index (Phi) is 8.20. The molecule has 38 heavy (non-hydrogen) atoms. The summed E-state index contributed by atoms with van der Waals surface area (Å²) in [5.74, 6) is -2.02. The minimum absolute atomic E-state index is 0.0123. The summed E-state index contributed by atoms with van der Waals surface area (Å²) in [5.41, 5.74) is 1.58. The van der Waals surface area contributed by atoms with Crippen LogP contribution in [-0.2, 0) is 18.9 Å². The molecule has 0 spiro atoms. The van der Waals surface area contributed by atoms with Gasteiger partial charge in [0.2, 0.25) is 5.91 Å². The van der Waals surface area contributed by atoms with Crippen molar-refractivity contribution in [2.75, 3.05) is 6.61 Å². The van der Waals surface area contributed by atoms with Crippen LogP contribution in [0.4, 0.5) is 0 Å². The molecule has 2 fully saturated rings.